The number of hydrogen-bond donors (Lipinski definition) is 5. The van der Waals surface area contributed by atoms with Crippen LogP contribution in [-0.4, -0.2) is 44.4 Å². The number of carboxylic acids is 1. The van der Waals surface area contributed by atoms with Crippen LogP contribution in [-0.2, 0) is 17.9 Å². The number of fused-ring (bicyclic) bond motifs is 2. The molecule has 0 bridgehead atoms. The van der Waals surface area contributed by atoms with E-state index in [1.54, 1.807) is 36.4 Å². The highest BCUT2D eigenvalue weighted by molar-refractivity contribution is 6.08. The molecule has 0 atom stereocenters. The molecule has 1 aliphatic rings. The molecule has 2 aromatic heterocycles. The molecular formula is C24H21FN6O5. The van der Waals surface area contributed by atoms with Gasteiger partial charge in [-0.2, -0.15) is 0 Å². The minimum atomic E-state index is -1.15. The molecule has 184 valence electrons. The molecule has 5 rings (SSSR count). The van der Waals surface area contributed by atoms with Crippen LogP contribution in [0.4, 0.5) is 10.1 Å². The number of aromatic amines is 1. The van der Waals surface area contributed by atoms with E-state index in [0.29, 0.717) is 17.0 Å². The quantitative estimate of drug-likeness (QED) is 0.282. The van der Waals surface area contributed by atoms with E-state index in [-0.39, 0.29) is 53.7 Å². The van der Waals surface area contributed by atoms with E-state index in [4.69, 9.17) is 15.6 Å². The highest BCUT2D eigenvalue weighted by atomic mass is 19.1. The number of anilines is 1. The number of aromatic nitrogens is 3. The van der Waals surface area contributed by atoms with Gasteiger partial charge in [-0.15, -0.1) is 0 Å². The Morgan fingerprint density at radius 1 is 1.19 bits per heavy atom. The van der Waals surface area contributed by atoms with Crippen molar-refractivity contribution in [1.29, 1.82) is 0 Å². The van der Waals surface area contributed by atoms with E-state index < -0.39 is 11.9 Å². The summed E-state index contributed by atoms with van der Waals surface area (Å²) in [7, 11) is 0. The lowest BCUT2D eigenvalue weighted by Crippen LogP contribution is -2.26. The molecule has 0 fully saturated rings. The average Bonchev–Trinajstić information content (AvgIpc) is 3.32. The van der Waals surface area contributed by atoms with Crippen LogP contribution in [0.2, 0.25) is 0 Å². The fourth-order valence-electron chi connectivity index (χ4n) is 3.44. The van der Waals surface area contributed by atoms with Crippen molar-refractivity contribution in [3.05, 3.63) is 83.2 Å². The molecule has 0 unspecified atom stereocenters. The Labute approximate surface area is 203 Å². The lowest BCUT2D eigenvalue weighted by atomic mass is 10.1. The highest BCUT2D eigenvalue weighted by Gasteiger charge is 2.20. The minimum Gasteiger partial charge on any atom is -0.482 e. The molecule has 1 aliphatic heterocycles. The molecule has 36 heavy (non-hydrogen) atoms. The molecule has 12 heteroatoms. The van der Waals surface area contributed by atoms with Crippen molar-refractivity contribution in [3.63, 3.8) is 0 Å². The van der Waals surface area contributed by atoms with Crippen molar-refractivity contribution >= 4 is 34.5 Å². The predicted molar refractivity (Wildman–Crippen MR) is 127 cm³/mol. The van der Waals surface area contributed by atoms with Gasteiger partial charge in [0, 0.05) is 24.8 Å². The van der Waals surface area contributed by atoms with E-state index in [1.165, 1.54) is 12.3 Å². The van der Waals surface area contributed by atoms with Gasteiger partial charge in [0.25, 0.3) is 11.8 Å². The number of hydrogen-bond acceptors (Lipinski definition) is 7. The molecule has 6 N–H and O–H groups in total. The summed E-state index contributed by atoms with van der Waals surface area (Å²) < 4.78 is 17.8. The van der Waals surface area contributed by atoms with Crippen LogP contribution in [0.5, 0.6) is 5.75 Å². The Kier molecular flexibility index (Phi) is 7.16. The van der Waals surface area contributed by atoms with Crippen molar-refractivity contribution in [3.8, 4) is 5.75 Å². The number of amides is 2. The SMILES string of the molecule is NCc1ccccc1F.O=C1COc2ccc(CNC(=O)c3ncnc4c(C(=O)O)c[nH]c34)cc2N1. The van der Waals surface area contributed by atoms with Crippen molar-refractivity contribution < 1.29 is 28.6 Å². The second kappa shape index (κ2) is 10.6. The first-order valence-electron chi connectivity index (χ1n) is 10.7. The number of halogens is 1. The third kappa shape index (κ3) is 5.28. The van der Waals surface area contributed by atoms with Crippen molar-refractivity contribution in [1.82, 2.24) is 20.3 Å². The number of carbonyl (C=O) groups is 3. The number of aromatic carboxylic acids is 1. The Balaban J connectivity index is 0.000000286. The highest BCUT2D eigenvalue weighted by Crippen LogP contribution is 2.28. The normalized spacial score (nSPS) is 12.0. The van der Waals surface area contributed by atoms with Crippen LogP contribution in [0.25, 0.3) is 11.0 Å². The maximum Gasteiger partial charge on any atom is 0.339 e. The van der Waals surface area contributed by atoms with Crippen LogP contribution in [0.3, 0.4) is 0 Å². The van der Waals surface area contributed by atoms with E-state index >= 15 is 0 Å². The van der Waals surface area contributed by atoms with Gasteiger partial charge in [0.2, 0.25) is 0 Å². The van der Waals surface area contributed by atoms with Gasteiger partial charge in [0.05, 0.1) is 11.2 Å². The Bertz CT molecular complexity index is 1450. The first-order valence-corrected chi connectivity index (χ1v) is 10.7. The average molecular weight is 492 g/mol. The van der Waals surface area contributed by atoms with Crippen LogP contribution in [0, 0.1) is 5.82 Å². The molecule has 11 nitrogen and oxygen atoms in total. The summed E-state index contributed by atoms with van der Waals surface area (Å²) >= 11 is 0. The smallest absolute Gasteiger partial charge is 0.339 e. The van der Waals surface area contributed by atoms with Crippen molar-refractivity contribution in [2.24, 2.45) is 5.73 Å². The number of nitrogens with zero attached hydrogens (tertiary/aromatic N) is 2. The summed E-state index contributed by atoms with van der Waals surface area (Å²) in [5, 5.41) is 14.6. The van der Waals surface area contributed by atoms with E-state index in [2.05, 4.69) is 25.6 Å². The third-order valence-electron chi connectivity index (χ3n) is 5.22. The number of H-pyrrole nitrogens is 1. The van der Waals surface area contributed by atoms with Gasteiger partial charge in [0.15, 0.2) is 12.3 Å². The third-order valence-corrected chi connectivity index (χ3v) is 5.22. The standard InChI is InChI=1S/C17H13N5O5.C7H8FN/c23-12-6-27-11-2-1-8(3-10(11)22-12)4-19-16(24)15-14-13(20-7-21-15)9(5-18-14)17(25)26;8-7-4-2-1-3-6(7)5-9/h1-3,5,7,18H,4,6H2,(H,19,24)(H,22,23)(H,25,26);1-4H,5,9H2. The molecular weight excluding hydrogens is 471 g/mol. The zero-order valence-electron chi connectivity index (χ0n) is 18.7. The molecule has 3 heterocycles. The van der Waals surface area contributed by atoms with Gasteiger partial charge >= 0.3 is 5.97 Å². The molecule has 0 saturated carbocycles. The number of rotatable bonds is 5. The number of ether oxygens (including phenoxy) is 1. The number of nitrogens with two attached hydrogens (primary N) is 1. The molecule has 0 saturated heterocycles. The Morgan fingerprint density at radius 2 is 2.00 bits per heavy atom. The van der Waals surface area contributed by atoms with Gasteiger partial charge in [-0.05, 0) is 23.8 Å². The van der Waals surface area contributed by atoms with Crippen LogP contribution in [0.1, 0.15) is 32.0 Å². The van der Waals surface area contributed by atoms with E-state index in [0.717, 1.165) is 11.9 Å². The van der Waals surface area contributed by atoms with Crippen molar-refractivity contribution in [2.75, 3.05) is 11.9 Å². The van der Waals surface area contributed by atoms with E-state index in [9.17, 15) is 18.8 Å². The predicted octanol–water partition coefficient (Wildman–Crippen LogP) is 2.20. The molecule has 0 radical (unpaired) electrons. The van der Waals surface area contributed by atoms with Gasteiger partial charge in [0.1, 0.15) is 29.0 Å². The van der Waals surface area contributed by atoms with Gasteiger partial charge in [-0.25, -0.2) is 19.2 Å². The molecule has 4 aromatic rings. The minimum absolute atomic E-state index is 0.0265. The molecule has 2 amide bonds. The summed E-state index contributed by atoms with van der Waals surface area (Å²) in [6.07, 6.45) is 2.41. The van der Waals surface area contributed by atoms with Crippen LogP contribution >= 0.6 is 0 Å². The lowest BCUT2D eigenvalue weighted by Gasteiger charge is -2.18. The van der Waals surface area contributed by atoms with Crippen LogP contribution < -0.4 is 21.1 Å². The van der Waals surface area contributed by atoms with Crippen molar-refractivity contribution in [2.45, 2.75) is 13.1 Å². The summed E-state index contributed by atoms with van der Waals surface area (Å²) in [5.74, 6) is -1.54. The maximum absolute atomic E-state index is 12.5. The Morgan fingerprint density at radius 3 is 2.72 bits per heavy atom. The second-order valence-electron chi connectivity index (χ2n) is 7.60. The number of nitrogens with one attached hydrogen (secondary N) is 3. The topological polar surface area (TPSA) is 172 Å². The van der Waals surface area contributed by atoms with Crippen LogP contribution in [0.15, 0.2) is 55.0 Å². The zero-order chi connectivity index (χ0) is 25.7. The summed E-state index contributed by atoms with van der Waals surface area (Å²) in [6, 6.07) is 11.7. The summed E-state index contributed by atoms with van der Waals surface area (Å²) in [4.78, 5) is 45.7. The number of carboxylic acid groups (broad SMARTS) is 1. The Hall–Kier alpha value is -4.84. The largest absolute Gasteiger partial charge is 0.482 e. The van der Waals surface area contributed by atoms with E-state index in [1.807, 2.05) is 0 Å². The lowest BCUT2D eigenvalue weighted by molar-refractivity contribution is -0.118. The molecule has 2 aromatic carbocycles. The second-order valence-corrected chi connectivity index (χ2v) is 7.60. The first kappa shape index (κ1) is 24.3. The monoisotopic (exact) mass is 492 g/mol. The maximum atomic E-state index is 12.5. The van der Waals surface area contributed by atoms with Gasteiger partial charge in [-0.1, -0.05) is 24.3 Å². The summed E-state index contributed by atoms with van der Waals surface area (Å²) in [6.45, 7) is 0.425. The van der Waals surface area contributed by atoms with Gasteiger partial charge in [-0.3, -0.25) is 9.59 Å². The summed E-state index contributed by atoms with van der Waals surface area (Å²) in [5.41, 5.74) is 7.48. The fraction of sp³-hybridized carbons (Fsp3) is 0.125. The molecule has 0 spiro atoms. The number of carbonyl (C=O) groups excluding carboxylic acids is 2. The zero-order valence-corrected chi connectivity index (χ0v) is 18.7. The van der Waals surface area contributed by atoms with Gasteiger partial charge < -0.3 is 31.2 Å². The molecule has 0 aliphatic carbocycles. The first-order chi connectivity index (χ1) is 17.4. The fourth-order valence-corrected chi connectivity index (χ4v) is 3.44. The number of benzene rings is 2.